The van der Waals surface area contributed by atoms with Gasteiger partial charge in [-0.3, -0.25) is 14.4 Å². The maximum Gasteiger partial charge on any atom is 0.407 e. The predicted molar refractivity (Wildman–Crippen MR) is 86.0 cm³/mol. The van der Waals surface area contributed by atoms with Gasteiger partial charge in [-0.1, -0.05) is 30.3 Å². The monoisotopic (exact) mass is 348 g/mol. The van der Waals surface area contributed by atoms with Crippen LogP contribution in [0.2, 0.25) is 0 Å². The number of amides is 4. The fourth-order valence-electron chi connectivity index (χ4n) is 2.35. The van der Waals surface area contributed by atoms with Gasteiger partial charge < -0.3 is 15.2 Å². The van der Waals surface area contributed by atoms with Crippen LogP contribution in [0.15, 0.2) is 30.3 Å². The molecule has 0 aromatic heterocycles. The standard InChI is InChI=1S/C17H20N2O6/c20-13(16(23)19-14(21)8-9-15(19)22)7-4-10-18-17(24)25-11-12-5-2-1-3-6-12/h1-3,5-6,13,20H,4,7-11H2,(H,18,24)/t13-/m0/s1. The number of nitrogens with zero attached hydrogens (tertiary/aromatic N) is 1. The van der Waals surface area contributed by atoms with Gasteiger partial charge in [0, 0.05) is 19.4 Å². The Morgan fingerprint density at radius 3 is 2.44 bits per heavy atom. The van der Waals surface area contributed by atoms with Gasteiger partial charge in [-0.2, -0.15) is 0 Å². The van der Waals surface area contributed by atoms with E-state index in [9.17, 15) is 24.3 Å². The number of aliphatic hydroxyl groups excluding tert-OH is 1. The number of aliphatic hydroxyl groups is 1. The van der Waals surface area contributed by atoms with Gasteiger partial charge in [-0.15, -0.1) is 0 Å². The zero-order valence-corrected chi connectivity index (χ0v) is 13.6. The third-order valence-electron chi connectivity index (χ3n) is 3.69. The molecule has 134 valence electrons. The molecule has 8 nitrogen and oxygen atoms in total. The molecule has 1 atom stereocenters. The maximum absolute atomic E-state index is 11.9. The molecule has 0 spiro atoms. The van der Waals surface area contributed by atoms with E-state index in [2.05, 4.69) is 5.32 Å². The van der Waals surface area contributed by atoms with Crippen molar-refractivity contribution in [2.45, 2.75) is 38.4 Å². The van der Waals surface area contributed by atoms with Crippen molar-refractivity contribution in [2.24, 2.45) is 0 Å². The molecule has 1 aromatic rings. The molecule has 1 fully saturated rings. The molecular weight excluding hydrogens is 328 g/mol. The Kier molecular flexibility index (Phi) is 6.64. The lowest BCUT2D eigenvalue weighted by molar-refractivity contribution is -0.154. The Bertz CT molecular complexity index is 630. The van der Waals surface area contributed by atoms with E-state index < -0.39 is 29.9 Å². The summed E-state index contributed by atoms with van der Waals surface area (Å²) in [5.41, 5.74) is 0.860. The fraction of sp³-hybridized carbons (Fsp3) is 0.412. The number of imide groups is 3. The van der Waals surface area contributed by atoms with E-state index in [1.807, 2.05) is 30.3 Å². The number of carbonyl (C=O) groups is 4. The Morgan fingerprint density at radius 1 is 1.16 bits per heavy atom. The van der Waals surface area contributed by atoms with Crippen molar-refractivity contribution in [3.8, 4) is 0 Å². The molecule has 1 saturated heterocycles. The Hall–Kier alpha value is -2.74. The zero-order chi connectivity index (χ0) is 18.2. The lowest BCUT2D eigenvalue weighted by Gasteiger charge is -2.16. The number of nitrogens with one attached hydrogen (secondary N) is 1. The molecule has 8 heteroatoms. The van der Waals surface area contributed by atoms with Gasteiger partial charge in [0.1, 0.15) is 12.7 Å². The molecule has 2 N–H and O–H groups in total. The van der Waals surface area contributed by atoms with Gasteiger partial charge in [-0.05, 0) is 18.4 Å². The van der Waals surface area contributed by atoms with Crippen LogP contribution in [0.1, 0.15) is 31.2 Å². The highest BCUT2D eigenvalue weighted by atomic mass is 16.5. The molecule has 0 bridgehead atoms. The summed E-state index contributed by atoms with van der Waals surface area (Å²) in [5.74, 6) is -2.08. The zero-order valence-electron chi connectivity index (χ0n) is 13.6. The van der Waals surface area contributed by atoms with Crippen LogP contribution in [0, 0.1) is 0 Å². The summed E-state index contributed by atoms with van der Waals surface area (Å²) in [6.45, 7) is 0.340. The van der Waals surface area contributed by atoms with Crippen molar-refractivity contribution in [3.05, 3.63) is 35.9 Å². The first-order valence-corrected chi connectivity index (χ1v) is 8.01. The molecule has 1 aliphatic rings. The summed E-state index contributed by atoms with van der Waals surface area (Å²) in [6, 6.07) is 9.20. The van der Waals surface area contributed by atoms with E-state index in [0.717, 1.165) is 5.56 Å². The number of ether oxygens (including phenoxy) is 1. The average molecular weight is 348 g/mol. The van der Waals surface area contributed by atoms with E-state index in [0.29, 0.717) is 11.3 Å². The van der Waals surface area contributed by atoms with Gasteiger partial charge >= 0.3 is 6.09 Å². The Morgan fingerprint density at radius 2 is 1.80 bits per heavy atom. The molecule has 1 heterocycles. The number of benzene rings is 1. The summed E-state index contributed by atoms with van der Waals surface area (Å²) in [6.07, 6.45) is -1.75. The number of carbonyl (C=O) groups excluding carboxylic acids is 4. The van der Waals surface area contributed by atoms with Gasteiger partial charge in [0.25, 0.3) is 5.91 Å². The summed E-state index contributed by atoms with van der Waals surface area (Å²) < 4.78 is 5.01. The number of likely N-dealkylation sites (tertiary alicyclic amines) is 1. The van der Waals surface area contributed by atoms with Crippen LogP contribution < -0.4 is 5.32 Å². The van der Waals surface area contributed by atoms with Gasteiger partial charge in [0.15, 0.2) is 0 Å². The van der Waals surface area contributed by atoms with E-state index in [-0.39, 0.29) is 32.4 Å². The fourth-order valence-corrected chi connectivity index (χ4v) is 2.35. The highest BCUT2D eigenvalue weighted by Gasteiger charge is 2.37. The molecule has 1 aliphatic heterocycles. The third-order valence-corrected chi connectivity index (χ3v) is 3.69. The minimum atomic E-state index is -1.45. The van der Waals surface area contributed by atoms with Gasteiger partial charge in [0.05, 0.1) is 0 Å². The van der Waals surface area contributed by atoms with Crippen molar-refractivity contribution >= 4 is 23.8 Å². The van der Waals surface area contributed by atoms with Crippen LogP contribution in [0.5, 0.6) is 0 Å². The average Bonchev–Trinajstić information content (AvgIpc) is 2.95. The second kappa shape index (κ2) is 8.93. The van der Waals surface area contributed by atoms with Crippen molar-refractivity contribution < 1.29 is 29.0 Å². The molecule has 1 aromatic carbocycles. The van der Waals surface area contributed by atoms with E-state index >= 15 is 0 Å². The summed E-state index contributed by atoms with van der Waals surface area (Å²) in [7, 11) is 0. The minimum absolute atomic E-state index is 0.00783. The van der Waals surface area contributed by atoms with E-state index in [1.165, 1.54) is 0 Å². The SMILES string of the molecule is O=C(NCCC[C@H](O)C(=O)N1C(=O)CCC1=O)OCc1ccccc1. The molecule has 0 aliphatic carbocycles. The van der Waals surface area contributed by atoms with Crippen LogP contribution >= 0.6 is 0 Å². The molecule has 0 unspecified atom stereocenters. The number of rotatable bonds is 7. The first kappa shape index (κ1) is 18.6. The normalized spacial score (nSPS) is 15.2. The lowest BCUT2D eigenvalue weighted by atomic mass is 10.1. The van der Waals surface area contributed by atoms with Crippen LogP contribution in [0.3, 0.4) is 0 Å². The maximum atomic E-state index is 11.9. The molecule has 4 amide bonds. The third kappa shape index (κ3) is 5.39. The van der Waals surface area contributed by atoms with Crippen molar-refractivity contribution in [1.29, 1.82) is 0 Å². The van der Waals surface area contributed by atoms with Crippen molar-refractivity contribution in [3.63, 3.8) is 0 Å². The van der Waals surface area contributed by atoms with Gasteiger partial charge in [0.2, 0.25) is 11.8 Å². The van der Waals surface area contributed by atoms with E-state index in [4.69, 9.17) is 4.74 Å². The van der Waals surface area contributed by atoms with Crippen molar-refractivity contribution in [1.82, 2.24) is 10.2 Å². The number of hydrogen-bond donors (Lipinski definition) is 2. The quantitative estimate of drug-likeness (QED) is 0.555. The molecule has 0 radical (unpaired) electrons. The minimum Gasteiger partial charge on any atom is -0.445 e. The molecule has 0 saturated carbocycles. The highest BCUT2D eigenvalue weighted by Crippen LogP contribution is 2.14. The van der Waals surface area contributed by atoms with Crippen LogP contribution in [0.25, 0.3) is 0 Å². The molecule has 25 heavy (non-hydrogen) atoms. The topological polar surface area (TPSA) is 113 Å². The summed E-state index contributed by atoms with van der Waals surface area (Å²) in [5, 5.41) is 12.3. The van der Waals surface area contributed by atoms with Crippen LogP contribution in [-0.4, -0.2) is 46.5 Å². The molecular formula is C17H20N2O6. The Balaban J connectivity index is 1.63. The largest absolute Gasteiger partial charge is 0.445 e. The second-order valence-electron chi connectivity index (χ2n) is 5.61. The van der Waals surface area contributed by atoms with Crippen molar-refractivity contribution in [2.75, 3.05) is 6.54 Å². The van der Waals surface area contributed by atoms with Crippen LogP contribution in [0.4, 0.5) is 4.79 Å². The lowest BCUT2D eigenvalue weighted by Crippen LogP contribution is -2.42. The second-order valence-corrected chi connectivity index (χ2v) is 5.61. The first-order valence-electron chi connectivity index (χ1n) is 8.01. The Labute approximate surface area is 144 Å². The summed E-state index contributed by atoms with van der Waals surface area (Å²) >= 11 is 0. The first-order chi connectivity index (χ1) is 12.0. The number of alkyl carbamates (subject to hydrolysis) is 1. The van der Waals surface area contributed by atoms with Gasteiger partial charge in [-0.25, -0.2) is 9.69 Å². The molecule has 2 rings (SSSR count). The summed E-state index contributed by atoms with van der Waals surface area (Å²) in [4.78, 5) is 46.8. The predicted octanol–water partition coefficient (Wildman–Crippen LogP) is 0.729. The smallest absolute Gasteiger partial charge is 0.407 e. The highest BCUT2D eigenvalue weighted by molar-refractivity contribution is 6.15. The number of hydrogen-bond acceptors (Lipinski definition) is 6. The van der Waals surface area contributed by atoms with Crippen LogP contribution in [-0.2, 0) is 25.7 Å². The van der Waals surface area contributed by atoms with E-state index in [1.54, 1.807) is 0 Å².